The third kappa shape index (κ3) is 4.68. The SMILES string of the molecule is CC(C)CC1C(=O)NC(C)C(=O)N1CCCC(F)(F)F. The molecule has 1 aliphatic heterocycles. The normalized spacial score (nSPS) is 24.2. The van der Waals surface area contributed by atoms with Crippen LogP contribution in [0.15, 0.2) is 0 Å². The Kier molecular flexibility index (Phi) is 5.42. The van der Waals surface area contributed by atoms with Gasteiger partial charge in [0.2, 0.25) is 11.8 Å². The van der Waals surface area contributed by atoms with Gasteiger partial charge in [0.25, 0.3) is 0 Å². The number of carbonyl (C=O) groups is 2. The van der Waals surface area contributed by atoms with Crippen LogP contribution in [-0.4, -0.2) is 41.5 Å². The minimum Gasteiger partial charge on any atom is -0.343 e. The van der Waals surface area contributed by atoms with E-state index in [1.807, 2.05) is 13.8 Å². The first kappa shape index (κ1) is 16.8. The molecular formula is C13H21F3N2O2. The van der Waals surface area contributed by atoms with Gasteiger partial charge < -0.3 is 10.2 Å². The Morgan fingerprint density at radius 3 is 2.40 bits per heavy atom. The number of amides is 2. The van der Waals surface area contributed by atoms with Crippen LogP contribution in [-0.2, 0) is 9.59 Å². The monoisotopic (exact) mass is 294 g/mol. The number of halogens is 3. The average Bonchev–Trinajstić information content (AvgIpc) is 2.28. The third-order valence-corrected chi connectivity index (χ3v) is 3.25. The smallest absolute Gasteiger partial charge is 0.343 e. The van der Waals surface area contributed by atoms with Gasteiger partial charge in [0.15, 0.2) is 0 Å². The molecule has 2 unspecified atom stereocenters. The van der Waals surface area contributed by atoms with E-state index in [-0.39, 0.29) is 30.7 Å². The Labute approximate surface area is 116 Å². The maximum absolute atomic E-state index is 12.2. The molecule has 0 radical (unpaired) electrons. The van der Waals surface area contributed by atoms with Crippen LogP contribution in [0.4, 0.5) is 13.2 Å². The van der Waals surface area contributed by atoms with Crippen molar-refractivity contribution in [3.8, 4) is 0 Å². The van der Waals surface area contributed by atoms with E-state index in [9.17, 15) is 22.8 Å². The quantitative estimate of drug-likeness (QED) is 0.844. The summed E-state index contributed by atoms with van der Waals surface area (Å²) < 4.78 is 36.6. The molecule has 7 heteroatoms. The van der Waals surface area contributed by atoms with Gasteiger partial charge in [-0.3, -0.25) is 9.59 Å². The van der Waals surface area contributed by atoms with Crippen LogP contribution in [0.3, 0.4) is 0 Å². The maximum atomic E-state index is 12.2. The van der Waals surface area contributed by atoms with Crippen LogP contribution in [0.25, 0.3) is 0 Å². The summed E-state index contributed by atoms with van der Waals surface area (Å²) in [5, 5.41) is 2.57. The number of piperazine rings is 1. The largest absolute Gasteiger partial charge is 0.389 e. The fourth-order valence-corrected chi connectivity index (χ4v) is 2.31. The highest BCUT2D eigenvalue weighted by molar-refractivity contribution is 5.96. The first-order valence-corrected chi connectivity index (χ1v) is 6.79. The lowest BCUT2D eigenvalue weighted by molar-refractivity contribution is -0.152. The van der Waals surface area contributed by atoms with Crippen molar-refractivity contribution in [3.63, 3.8) is 0 Å². The predicted octanol–water partition coefficient (Wildman–Crippen LogP) is 2.09. The minimum absolute atomic E-state index is 0.0342. The second-order valence-electron chi connectivity index (χ2n) is 5.63. The van der Waals surface area contributed by atoms with E-state index in [2.05, 4.69) is 5.32 Å². The van der Waals surface area contributed by atoms with E-state index in [0.29, 0.717) is 6.42 Å². The van der Waals surface area contributed by atoms with E-state index >= 15 is 0 Å². The van der Waals surface area contributed by atoms with Crippen LogP contribution in [0.5, 0.6) is 0 Å². The van der Waals surface area contributed by atoms with Crippen molar-refractivity contribution < 1.29 is 22.8 Å². The lowest BCUT2D eigenvalue weighted by Gasteiger charge is -2.38. The number of nitrogens with one attached hydrogen (secondary N) is 1. The van der Waals surface area contributed by atoms with Crippen molar-refractivity contribution >= 4 is 11.8 Å². The van der Waals surface area contributed by atoms with Crippen molar-refractivity contribution in [2.45, 2.75) is 58.3 Å². The minimum atomic E-state index is -4.24. The molecule has 0 aromatic rings. The van der Waals surface area contributed by atoms with Crippen LogP contribution >= 0.6 is 0 Å². The molecular weight excluding hydrogens is 273 g/mol. The van der Waals surface area contributed by atoms with Gasteiger partial charge >= 0.3 is 6.18 Å². The van der Waals surface area contributed by atoms with Crippen LogP contribution < -0.4 is 5.32 Å². The highest BCUT2D eigenvalue weighted by Gasteiger charge is 2.39. The summed E-state index contributed by atoms with van der Waals surface area (Å²) in [6, 6.07) is -1.33. The molecule has 0 aromatic carbocycles. The molecule has 1 rings (SSSR count). The number of hydrogen-bond donors (Lipinski definition) is 1. The molecule has 2 amide bonds. The summed E-state index contributed by atoms with van der Waals surface area (Å²) in [5.41, 5.74) is 0. The summed E-state index contributed by atoms with van der Waals surface area (Å²) in [5.74, 6) is -0.410. The Balaban J connectivity index is 2.72. The summed E-state index contributed by atoms with van der Waals surface area (Å²) >= 11 is 0. The topological polar surface area (TPSA) is 49.4 Å². The van der Waals surface area contributed by atoms with Crippen LogP contribution in [0, 0.1) is 5.92 Å². The second-order valence-corrected chi connectivity index (χ2v) is 5.63. The van der Waals surface area contributed by atoms with Crippen molar-refractivity contribution in [1.82, 2.24) is 10.2 Å². The zero-order valence-electron chi connectivity index (χ0n) is 12.0. The molecule has 2 atom stereocenters. The lowest BCUT2D eigenvalue weighted by Crippen LogP contribution is -2.62. The first-order chi connectivity index (χ1) is 9.11. The molecule has 20 heavy (non-hydrogen) atoms. The summed E-state index contributed by atoms with van der Waals surface area (Å²) in [6.07, 6.45) is -4.90. The molecule has 1 aliphatic rings. The number of carbonyl (C=O) groups excluding carboxylic acids is 2. The molecule has 0 aliphatic carbocycles. The maximum Gasteiger partial charge on any atom is 0.389 e. The Morgan fingerprint density at radius 2 is 1.90 bits per heavy atom. The molecule has 116 valence electrons. The Morgan fingerprint density at radius 1 is 1.30 bits per heavy atom. The van der Waals surface area contributed by atoms with E-state index in [1.165, 1.54) is 4.90 Å². The molecule has 1 heterocycles. The number of rotatable bonds is 5. The molecule has 4 nitrogen and oxygen atoms in total. The van der Waals surface area contributed by atoms with Crippen molar-refractivity contribution in [2.24, 2.45) is 5.92 Å². The molecule has 0 aromatic heterocycles. The van der Waals surface area contributed by atoms with Gasteiger partial charge in [-0.05, 0) is 25.7 Å². The number of hydrogen-bond acceptors (Lipinski definition) is 2. The Bertz CT molecular complexity index is 369. The highest BCUT2D eigenvalue weighted by Crippen LogP contribution is 2.23. The van der Waals surface area contributed by atoms with E-state index < -0.39 is 24.7 Å². The van der Waals surface area contributed by atoms with E-state index in [1.54, 1.807) is 6.92 Å². The molecule has 1 fully saturated rings. The van der Waals surface area contributed by atoms with E-state index in [4.69, 9.17) is 0 Å². The lowest BCUT2D eigenvalue weighted by atomic mass is 9.98. The van der Waals surface area contributed by atoms with E-state index in [0.717, 1.165) is 0 Å². The molecule has 0 spiro atoms. The van der Waals surface area contributed by atoms with Gasteiger partial charge in [-0.2, -0.15) is 13.2 Å². The average molecular weight is 294 g/mol. The van der Waals surface area contributed by atoms with Crippen molar-refractivity contribution in [1.29, 1.82) is 0 Å². The molecule has 0 bridgehead atoms. The number of nitrogens with zero attached hydrogens (tertiary/aromatic N) is 1. The van der Waals surface area contributed by atoms with Crippen LogP contribution in [0.2, 0.25) is 0 Å². The van der Waals surface area contributed by atoms with Gasteiger partial charge in [-0.15, -0.1) is 0 Å². The Hall–Kier alpha value is -1.27. The first-order valence-electron chi connectivity index (χ1n) is 6.79. The summed E-state index contributed by atoms with van der Waals surface area (Å²) in [4.78, 5) is 25.3. The highest BCUT2D eigenvalue weighted by atomic mass is 19.4. The van der Waals surface area contributed by atoms with Gasteiger partial charge in [-0.25, -0.2) is 0 Å². The zero-order valence-corrected chi connectivity index (χ0v) is 12.0. The van der Waals surface area contributed by atoms with Gasteiger partial charge in [0.05, 0.1) is 0 Å². The standard InChI is InChI=1S/C13H21F3N2O2/c1-8(2)7-10-11(19)17-9(3)12(20)18(10)6-4-5-13(14,15)16/h8-10H,4-7H2,1-3H3,(H,17,19). The fraction of sp³-hybridized carbons (Fsp3) is 0.846. The molecule has 1 N–H and O–H groups in total. The number of alkyl halides is 3. The van der Waals surface area contributed by atoms with Crippen LogP contribution in [0.1, 0.15) is 40.0 Å². The summed E-state index contributed by atoms with van der Waals surface area (Å²) in [6.45, 7) is 5.32. The van der Waals surface area contributed by atoms with Gasteiger partial charge in [0, 0.05) is 13.0 Å². The predicted molar refractivity (Wildman–Crippen MR) is 67.8 cm³/mol. The zero-order chi connectivity index (χ0) is 15.5. The second kappa shape index (κ2) is 6.45. The molecule has 0 saturated carbocycles. The molecule has 1 saturated heterocycles. The third-order valence-electron chi connectivity index (χ3n) is 3.25. The van der Waals surface area contributed by atoms with Gasteiger partial charge in [-0.1, -0.05) is 13.8 Å². The fourth-order valence-electron chi connectivity index (χ4n) is 2.31. The van der Waals surface area contributed by atoms with Crippen molar-refractivity contribution in [2.75, 3.05) is 6.54 Å². The van der Waals surface area contributed by atoms with Crippen molar-refractivity contribution in [3.05, 3.63) is 0 Å². The summed E-state index contributed by atoms with van der Waals surface area (Å²) in [7, 11) is 0. The van der Waals surface area contributed by atoms with Gasteiger partial charge in [0.1, 0.15) is 12.1 Å².